The van der Waals surface area contributed by atoms with Crippen molar-refractivity contribution in [1.29, 1.82) is 5.26 Å². The van der Waals surface area contributed by atoms with Crippen LogP contribution in [0.5, 0.6) is 0 Å². The molecule has 0 heterocycles. The maximum absolute atomic E-state index is 14.7. The molecule has 2 aromatic carbocycles. The molecule has 0 bridgehead atoms. The number of nitriles is 1. The maximum atomic E-state index is 14.7. The molecule has 8 heteroatoms. The summed E-state index contributed by atoms with van der Waals surface area (Å²) >= 11 is 0. The molecule has 0 unspecified atom stereocenters. The molecule has 190 valence electrons. The van der Waals surface area contributed by atoms with Crippen LogP contribution in [0.2, 0.25) is 0 Å². The number of halogens is 6. The minimum Gasteiger partial charge on any atom is -0.316 e. The third-order valence-electron chi connectivity index (χ3n) is 6.78. The van der Waals surface area contributed by atoms with Crippen LogP contribution in [0.15, 0.2) is 24.3 Å². The summed E-state index contributed by atoms with van der Waals surface area (Å²) in [4.78, 5) is 0. The van der Waals surface area contributed by atoms with Gasteiger partial charge in [0.25, 0.3) is 0 Å². The molecule has 2 nitrogen and oxygen atoms in total. The van der Waals surface area contributed by atoms with Crippen molar-refractivity contribution < 1.29 is 31.1 Å². The number of hydrogen-bond acceptors (Lipinski definition) is 2. The molecule has 0 saturated heterocycles. The minimum atomic E-state index is -4.27. The Morgan fingerprint density at radius 3 is 2.06 bits per heavy atom. The lowest BCUT2D eigenvalue weighted by atomic mass is 9.77. The van der Waals surface area contributed by atoms with Crippen LogP contribution in [0.3, 0.4) is 0 Å². The summed E-state index contributed by atoms with van der Waals surface area (Å²) in [6.45, 7) is 1.40. The number of benzene rings is 2. The second kappa shape index (κ2) is 11.9. The van der Waals surface area contributed by atoms with Crippen molar-refractivity contribution in [3.63, 3.8) is 0 Å². The maximum Gasteiger partial charge on any atom is 0.389 e. The van der Waals surface area contributed by atoms with E-state index in [-0.39, 0.29) is 17.9 Å². The lowest BCUT2D eigenvalue weighted by Crippen LogP contribution is -2.24. The molecule has 1 aliphatic carbocycles. The molecule has 0 aliphatic heterocycles. The Labute approximate surface area is 201 Å². The highest BCUT2D eigenvalue weighted by Crippen LogP contribution is 2.40. The molecule has 2 aromatic rings. The average molecular weight is 498 g/mol. The van der Waals surface area contributed by atoms with E-state index in [0.717, 1.165) is 62.8 Å². The largest absolute Gasteiger partial charge is 0.389 e. The number of hydrogen-bond donors (Lipinski definition) is 0. The monoisotopic (exact) mass is 497 g/mol. The van der Waals surface area contributed by atoms with Gasteiger partial charge in [-0.25, -0.2) is 17.6 Å². The molecule has 1 aliphatic rings. The first-order valence-corrected chi connectivity index (χ1v) is 12.1. The molecular formula is C27H29F6NO. The summed E-state index contributed by atoms with van der Waals surface area (Å²) in [5, 5.41) is 8.68. The summed E-state index contributed by atoms with van der Waals surface area (Å²) in [5.41, 5.74) is -1.92. The third-order valence-corrected chi connectivity index (χ3v) is 6.78. The Hall–Kier alpha value is -2.53. The normalized spacial score (nSPS) is 18.5. The van der Waals surface area contributed by atoms with Crippen LogP contribution in [0.4, 0.5) is 26.3 Å². The summed E-state index contributed by atoms with van der Waals surface area (Å²) in [7, 11) is 0. The highest BCUT2D eigenvalue weighted by molar-refractivity contribution is 5.35. The van der Waals surface area contributed by atoms with Crippen LogP contribution >= 0.6 is 0 Å². The van der Waals surface area contributed by atoms with Crippen LogP contribution in [0.25, 0.3) is 0 Å². The molecule has 3 rings (SSSR count). The van der Waals surface area contributed by atoms with Crippen molar-refractivity contribution in [2.24, 2.45) is 5.92 Å². The Balaban J connectivity index is 1.63. The van der Waals surface area contributed by atoms with Crippen molar-refractivity contribution in [2.75, 3.05) is 6.61 Å². The SMILES string of the molecule is CCCCC[C@H]1CC[C@H](c2cc(F)c(C(F)(F)OCCc3cc(F)c(C#N)c(F)c3)c(F)c2)CC1. The molecule has 35 heavy (non-hydrogen) atoms. The number of unbranched alkanes of at least 4 members (excludes halogenated alkanes) is 2. The van der Waals surface area contributed by atoms with E-state index < -0.39 is 47.1 Å². The van der Waals surface area contributed by atoms with Gasteiger partial charge in [0.05, 0.1) is 6.61 Å². The van der Waals surface area contributed by atoms with Gasteiger partial charge >= 0.3 is 6.11 Å². The van der Waals surface area contributed by atoms with Crippen LogP contribution in [-0.4, -0.2) is 6.61 Å². The Morgan fingerprint density at radius 1 is 0.914 bits per heavy atom. The van der Waals surface area contributed by atoms with E-state index in [1.54, 1.807) is 0 Å². The summed E-state index contributed by atoms with van der Waals surface area (Å²) in [6.07, 6.45) is 3.48. The van der Waals surface area contributed by atoms with Gasteiger partial charge in [0, 0.05) is 0 Å². The van der Waals surface area contributed by atoms with E-state index >= 15 is 0 Å². The molecule has 1 saturated carbocycles. The molecular weight excluding hydrogens is 468 g/mol. The van der Waals surface area contributed by atoms with Crippen molar-refractivity contribution in [2.45, 2.75) is 76.7 Å². The van der Waals surface area contributed by atoms with Crippen molar-refractivity contribution in [3.8, 4) is 6.07 Å². The molecule has 0 spiro atoms. The molecule has 0 atom stereocenters. The van der Waals surface area contributed by atoms with Gasteiger partial charge in [0.2, 0.25) is 0 Å². The quantitative estimate of drug-likeness (QED) is 0.244. The third kappa shape index (κ3) is 6.78. The minimum absolute atomic E-state index is 0.0311. The zero-order chi connectivity index (χ0) is 25.6. The van der Waals surface area contributed by atoms with Gasteiger partial charge in [0.15, 0.2) is 0 Å². The number of rotatable bonds is 10. The van der Waals surface area contributed by atoms with E-state index in [9.17, 15) is 26.3 Å². The van der Waals surface area contributed by atoms with Crippen molar-refractivity contribution in [3.05, 3.63) is 69.8 Å². The lowest BCUT2D eigenvalue weighted by molar-refractivity contribution is -0.251. The summed E-state index contributed by atoms with van der Waals surface area (Å²) < 4.78 is 90.2. The highest BCUT2D eigenvalue weighted by atomic mass is 19.3. The second-order valence-corrected chi connectivity index (χ2v) is 9.23. The van der Waals surface area contributed by atoms with E-state index in [0.29, 0.717) is 11.5 Å². The fourth-order valence-electron chi connectivity index (χ4n) is 4.82. The number of alkyl halides is 2. The van der Waals surface area contributed by atoms with Gasteiger partial charge in [-0.2, -0.15) is 14.0 Å². The molecule has 0 amide bonds. The van der Waals surface area contributed by atoms with E-state index in [4.69, 9.17) is 5.26 Å². The van der Waals surface area contributed by atoms with Crippen molar-refractivity contribution >= 4 is 0 Å². The zero-order valence-electron chi connectivity index (χ0n) is 19.7. The van der Waals surface area contributed by atoms with Crippen molar-refractivity contribution in [1.82, 2.24) is 0 Å². The molecule has 0 radical (unpaired) electrons. The fraction of sp³-hybridized carbons (Fsp3) is 0.519. The molecule has 1 fully saturated rings. The van der Waals surface area contributed by atoms with Gasteiger partial charge in [-0.05, 0) is 79.3 Å². The van der Waals surface area contributed by atoms with Crippen LogP contribution in [0.1, 0.15) is 86.5 Å². The summed E-state index contributed by atoms with van der Waals surface area (Å²) in [5.74, 6) is -4.50. The fourth-order valence-corrected chi connectivity index (χ4v) is 4.82. The first-order chi connectivity index (χ1) is 16.7. The summed E-state index contributed by atoms with van der Waals surface area (Å²) in [6, 6.07) is 4.95. The topological polar surface area (TPSA) is 33.0 Å². The van der Waals surface area contributed by atoms with Crippen LogP contribution < -0.4 is 0 Å². The first-order valence-electron chi connectivity index (χ1n) is 12.1. The van der Waals surface area contributed by atoms with E-state index in [2.05, 4.69) is 11.7 Å². The smallest absolute Gasteiger partial charge is 0.316 e. The number of nitrogens with zero attached hydrogens (tertiary/aromatic N) is 1. The Bertz CT molecular complexity index is 1010. The predicted molar refractivity (Wildman–Crippen MR) is 120 cm³/mol. The van der Waals surface area contributed by atoms with Gasteiger partial charge in [0.1, 0.15) is 40.5 Å². The van der Waals surface area contributed by atoms with Gasteiger partial charge in [-0.1, -0.05) is 32.6 Å². The van der Waals surface area contributed by atoms with E-state index in [1.807, 2.05) is 0 Å². The van der Waals surface area contributed by atoms with Gasteiger partial charge < -0.3 is 4.74 Å². The Morgan fingerprint density at radius 2 is 1.51 bits per heavy atom. The van der Waals surface area contributed by atoms with E-state index in [1.165, 1.54) is 18.9 Å². The molecule has 0 N–H and O–H groups in total. The first kappa shape index (κ1) is 27.1. The van der Waals surface area contributed by atoms with Crippen LogP contribution in [-0.2, 0) is 17.3 Å². The second-order valence-electron chi connectivity index (χ2n) is 9.23. The van der Waals surface area contributed by atoms with Gasteiger partial charge in [-0.3, -0.25) is 0 Å². The van der Waals surface area contributed by atoms with Crippen LogP contribution in [0, 0.1) is 40.5 Å². The van der Waals surface area contributed by atoms with Gasteiger partial charge in [-0.15, -0.1) is 0 Å². The number of ether oxygens (including phenoxy) is 1. The zero-order valence-corrected chi connectivity index (χ0v) is 19.7. The molecule has 0 aromatic heterocycles. The Kier molecular flexibility index (Phi) is 9.23. The lowest BCUT2D eigenvalue weighted by Gasteiger charge is -2.29. The standard InChI is InChI=1S/C27H29F6NO/c1-2-3-4-5-17-6-8-19(9-7-17)20-14-24(30)26(25(31)15-20)27(32,33)35-11-10-18-12-22(28)21(16-34)23(29)13-18/h12-15,17,19H,2-11H2,1H3/t17-,19-. The highest BCUT2D eigenvalue weighted by Gasteiger charge is 2.40. The average Bonchev–Trinajstić information content (AvgIpc) is 2.79. The predicted octanol–water partition coefficient (Wildman–Crippen LogP) is 8.28.